The second-order valence-electron chi connectivity index (χ2n) is 13.2. The zero-order chi connectivity index (χ0) is 28.0. The van der Waals surface area contributed by atoms with Crippen LogP contribution in [0.2, 0.25) is 0 Å². The number of carbonyl (C=O) groups excluding carboxylic acids is 1. The Morgan fingerprint density at radius 2 is 2.02 bits per heavy atom. The molecule has 1 N–H and O–H groups in total. The summed E-state index contributed by atoms with van der Waals surface area (Å²) in [4.78, 5) is 22.6. The molecule has 0 aliphatic carbocycles. The molecule has 41 heavy (non-hydrogen) atoms. The van der Waals surface area contributed by atoms with E-state index in [-0.39, 0.29) is 17.4 Å². The molecule has 1 unspecified atom stereocenters. The number of carbonyl (C=O) groups is 1. The van der Waals surface area contributed by atoms with Gasteiger partial charge in [-0.1, -0.05) is 26.0 Å². The number of hydrogen-bond donors (Lipinski definition) is 1. The topological polar surface area (TPSA) is 66.9 Å². The summed E-state index contributed by atoms with van der Waals surface area (Å²) < 4.78 is 12.2. The number of ether oxygens (including phenoxy) is 2. The number of likely N-dealkylation sites (tertiary alicyclic amines) is 1. The van der Waals surface area contributed by atoms with E-state index in [9.17, 15) is 4.79 Å². The molecule has 4 aliphatic rings. The van der Waals surface area contributed by atoms with Crippen molar-refractivity contribution in [2.24, 2.45) is 5.41 Å². The Labute approximate surface area is 243 Å². The van der Waals surface area contributed by atoms with Crippen LogP contribution in [0.3, 0.4) is 0 Å². The second kappa shape index (κ2) is 11.0. The van der Waals surface area contributed by atoms with Crippen molar-refractivity contribution in [3.63, 3.8) is 0 Å². The van der Waals surface area contributed by atoms with E-state index in [4.69, 9.17) is 14.5 Å². The van der Waals surface area contributed by atoms with Crippen LogP contribution in [0.15, 0.2) is 48.5 Å². The first-order valence-corrected chi connectivity index (χ1v) is 15.4. The van der Waals surface area contributed by atoms with Crippen LogP contribution in [0, 0.1) is 5.41 Å². The lowest BCUT2D eigenvalue weighted by molar-refractivity contribution is -0.00552. The molecule has 7 heteroatoms. The molecule has 3 saturated heterocycles. The van der Waals surface area contributed by atoms with Gasteiger partial charge in [-0.05, 0) is 85.2 Å². The van der Waals surface area contributed by atoms with Crippen molar-refractivity contribution < 1.29 is 14.3 Å². The fourth-order valence-corrected chi connectivity index (χ4v) is 7.33. The predicted octanol–water partition coefficient (Wildman–Crippen LogP) is 5.13. The summed E-state index contributed by atoms with van der Waals surface area (Å²) in [5.74, 6) is 1.48. The van der Waals surface area contributed by atoms with Gasteiger partial charge in [-0.25, -0.2) is 0 Å². The van der Waals surface area contributed by atoms with Crippen LogP contribution in [0.1, 0.15) is 72.6 Å². The maximum absolute atomic E-state index is 13.0. The number of aromatic nitrogens is 1. The Kier molecular flexibility index (Phi) is 7.21. The number of nitrogens with one attached hydrogen (secondary N) is 1. The normalized spacial score (nSPS) is 26.4. The van der Waals surface area contributed by atoms with Crippen molar-refractivity contribution in [1.82, 2.24) is 20.1 Å². The zero-order valence-electron chi connectivity index (χ0n) is 24.4. The molecular weight excluding hydrogens is 512 g/mol. The molecule has 0 radical (unpaired) electrons. The number of rotatable bonds is 6. The van der Waals surface area contributed by atoms with Crippen LogP contribution in [0.5, 0.6) is 5.75 Å². The summed E-state index contributed by atoms with van der Waals surface area (Å²) in [5.41, 5.74) is 5.62. The van der Waals surface area contributed by atoms with Gasteiger partial charge in [-0.2, -0.15) is 0 Å². The Bertz CT molecular complexity index is 1430. The van der Waals surface area contributed by atoms with Gasteiger partial charge >= 0.3 is 0 Å². The third kappa shape index (κ3) is 5.47. The van der Waals surface area contributed by atoms with Crippen LogP contribution >= 0.6 is 0 Å². The number of hydrogen-bond acceptors (Lipinski definition) is 6. The summed E-state index contributed by atoms with van der Waals surface area (Å²) in [6.45, 7) is 11.7. The largest absolute Gasteiger partial charge is 0.489 e. The quantitative estimate of drug-likeness (QED) is 0.456. The number of piperidine rings is 1. The predicted molar refractivity (Wildman–Crippen MR) is 160 cm³/mol. The Hall–Kier alpha value is -3.00. The Morgan fingerprint density at radius 1 is 1.10 bits per heavy atom. The number of amides is 1. The molecule has 4 aliphatic heterocycles. The van der Waals surface area contributed by atoms with Gasteiger partial charge in [0, 0.05) is 67.9 Å². The van der Waals surface area contributed by atoms with Crippen molar-refractivity contribution >= 4 is 16.8 Å². The van der Waals surface area contributed by atoms with Crippen LogP contribution in [-0.2, 0) is 17.8 Å². The number of fused-ring (bicyclic) bond motifs is 2. The first-order chi connectivity index (χ1) is 19.9. The zero-order valence-corrected chi connectivity index (χ0v) is 24.4. The summed E-state index contributed by atoms with van der Waals surface area (Å²) in [7, 11) is 0. The third-order valence-corrected chi connectivity index (χ3v) is 9.66. The molecule has 0 spiro atoms. The summed E-state index contributed by atoms with van der Waals surface area (Å²) in [5, 5.41) is 4.64. The van der Waals surface area contributed by atoms with E-state index in [1.54, 1.807) is 0 Å². The Morgan fingerprint density at radius 3 is 2.88 bits per heavy atom. The first kappa shape index (κ1) is 26.9. The van der Waals surface area contributed by atoms with Crippen LogP contribution in [0.25, 0.3) is 10.9 Å². The Balaban J connectivity index is 0.965. The first-order valence-electron chi connectivity index (χ1n) is 15.4. The van der Waals surface area contributed by atoms with Crippen LogP contribution < -0.4 is 10.1 Å². The standard InChI is InChI=1S/C34H42N4O3/c1-34(2)22-40-15-12-30(34)32-10-6-24-16-23(5-9-31(24)36-32)19-37-14-11-28(21-37)41-27-7-8-29-25(17-27)20-38(33(29)39)26-4-3-13-35-18-26/h5-10,16-17,26,28,30,35H,3-4,11-15,18-22H2,1-2H3/t26?,28-,30+/m0/s1. The second-order valence-corrected chi connectivity index (χ2v) is 13.2. The molecule has 2 aromatic carbocycles. The minimum Gasteiger partial charge on any atom is -0.489 e. The molecule has 5 heterocycles. The van der Waals surface area contributed by atoms with Gasteiger partial charge in [0.2, 0.25) is 0 Å². The monoisotopic (exact) mass is 554 g/mol. The molecule has 7 nitrogen and oxygen atoms in total. The number of pyridine rings is 1. The van der Waals surface area contributed by atoms with Crippen molar-refractivity contribution in [2.75, 3.05) is 39.4 Å². The third-order valence-electron chi connectivity index (χ3n) is 9.66. The molecule has 3 aromatic rings. The molecule has 1 aromatic heterocycles. The van der Waals surface area contributed by atoms with E-state index < -0.39 is 0 Å². The van der Waals surface area contributed by atoms with Gasteiger partial charge in [-0.15, -0.1) is 0 Å². The van der Waals surface area contributed by atoms with E-state index >= 15 is 0 Å². The van der Waals surface area contributed by atoms with Crippen molar-refractivity contribution in [3.05, 3.63) is 70.9 Å². The molecule has 1 amide bonds. The van der Waals surface area contributed by atoms with Crippen molar-refractivity contribution in [3.8, 4) is 5.75 Å². The van der Waals surface area contributed by atoms with Gasteiger partial charge in [0.1, 0.15) is 11.9 Å². The fourth-order valence-electron chi connectivity index (χ4n) is 7.33. The average molecular weight is 555 g/mol. The number of nitrogens with zero attached hydrogens (tertiary/aromatic N) is 3. The maximum Gasteiger partial charge on any atom is 0.254 e. The summed E-state index contributed by atoms with van der Waals surface area (Å²) >= 11 is 0. The van der Waals surface area contributed by atoms with E-state index in [0.29, 0.717) is 18.5 Å². The van der Waals surface area contributed by atoms with E-state index in [1.807, 2.05) is 17.0 Å². The van der Waals surface area contributed by atoms with E-state index in [1.165, 1.54) is 16.6 Å². The van der Waals surface area contributed by atoms with E-state index in [0.717, 1.165) is 94.0 Å². The highest BCUT2D eigenvalue weighted by Gasteiger charge is 2.36. The van der Waals surface area contributed by atoms with E-state index in [2.05, 4.69) is 60.5 Å². The summed E-state index contributed by atoms with van der Waals surface area (Å²) in [6, 6.07) is 17.5. The lowest BCUT2D eigenvalue weighted by Gasteiger charge is -2.38. The molecular formula is C34H42N4O3. The lowest BCUT2D eigenvalue weighted by Crippen LogP contribution is -2.46. The highest BCUT2D eigenvalue weighted by molar-refractivity contribution is 5.98. The SMILES string of the molecule is CC1(C)COCC[C@@H]1c1ccc2cc(CN3CC[C@H](Oc4ccc5c(c4)CN(C4CCCNC4)C5=O)C3)ccc2n1. The van der Waals surface area contributed by atoms with Gasteiger partial charge < -0.3 is 19.7 Å². The molecule has 0 saturated carbocycles. The van der Waals surface area contributed by atoms with Crippen molar-refractivity contribution in [1.29, 1.82) is 0 Å². The van der Waals surface area contributed by atoms with Gasteiger partial charge in [0.05, 0.1) is 12.1 Å². The van der Waals surface area contributed by atoms with Gasteiger partial charge in [0.25, 0.3) is 5.91 Å². The molecule has 3 atom stereocenters. The molecule has 0 bridgehead atoms. The van der Waals surface area contributed by atoms with Crippen LogP contribution in [0.4, 0.5) is 0 Å². The lowest BCUT2D eigenvalue weighted by atomic mass is 9.74. The highest BCUT2D eigenvalue weighted by Crippen LogP contribution is 2.41. The van der Waals surface area contributed by atoms with Crippen LogP contribution in [-0.4, -0.2) is 72.2 Å². The minimum absolute atomic E-state index is 0.109. The average Bonchev–Trinajstić information content (AvgIpc) is 3.56. The molecule has 7 rings (SSSR count). The van der Waals surface area contributed by atoms with Gasteiger partial charge in [-0.3, -0.25) is 14.7 Å². The maximum atomic E-state index is 13.0. The van der Waals surface area contributed by atoms with Crippen molar-refractivity contribution in [2.45, 2.75) is 70.7 Å². The summed E-state index contributed by atoms with van der Waals surface area (Å²) in [6.07, 6.45) is 4.41. The smallest absolute Gasteiger partial charge is 0.254 e. The highest BCUT2D eigenvalue weighted by atomic mass is 16.5. The molecule has 3 fully saturated rings. The fraction of sp³-hybridized carbons (Fsp3) is 0.529. The minimum atomic E-state index is 0.109. The van der Waals surface area contributed by atoms with Gasteiger partial charge in [0.15, 0.2) is 0 Å². The number of benzene rings is 2. The molecule has 216 valence electrons.